The Hall–Kier alpha value is -2.98. The number of hydrogen-bond acceptors (Lipinski definition) is 5. The van der Waals surface area contributed by atoms with E-state index in [4.69, 9.17) is 4.74 Å². The Morgan fingerprint density at radius 3 is 2.33 bits per heavy atom. The molecule has 0 bridgehead atoms. The molecule has 3 N–H and O–H groups in total. The van der Waals surface area contributed by atoms with Crippen molar-refractivity contribution in [3.63, 3.8) is 0 Å². The number of anilines is 1. The van der Waals surface area contributed by atoms with Crippen LogP contribution in [-0.2, 0) is 14.8 Å². The summed E-state index contributed by atoms with van der Waals surface area (Å²) < 4.78 is 45.3. The number of nitrogens with one attached hydrogen (secondary N) is 3. The number of sulfonamides is 1. The topological polar surface area (TPSA) is 114 Å². The molecule has 0 fully saturated rings. The van der Waals surface area contributed by atoms with Crippen molar-refractivity contribution >= 4 is 27.7 Å². The standard InChI is InChI=1S/C20H24FN3O5S/c1-20(2,3)29-19(26)22-11-12-23-30(27,28)17-6-4-5-16(13-17)24-18(25)14-7-9-15(21)10-8-14/h4-10,13,23H,11-12H2,1-3H3,(H,22,26)(H,24,25). The molecule has 0 radical (unpaired) electrons. The highest BCUT2D eigenvalue weighted by atomic mass is 32.2. The van der Waals surface area contributed by atoms with Crippen molar-refractivity contribution in [3.05, 3.63) is 59.9 Å². The van der Waals surface area contributed by atoms with E-state index in [2.05, 4.69) is 15.4 Å². The van der Waals surface area contributed by atoms with Crippen molar-refractivity contribution in [3.8, 4) is 0 Å². The lowest BCUT2D eigenvalue weighted by atomic mass is 10.2. The molecule has 162 valence electrons. The second-order valence-electron chi connectivity index (χ2n) is 7.32. The number of benzene rings is 2. The van der Waals surface area contributed by atoms with Crippen molar-refractivity contribution in [2.45, 2.75) is 31.3 Å². The summed E-state index contributed by atoms with van der Waals surface area (Å²) in [6.45, 7) is 5.15. The molecule has 30 heavy (non-hydrogen) atoms. The molecule has 0 aliphatic heterocycles. The SMILES string of the molecule is CC(C)(C)OC(=O)NCCNS(=O)(=O)c1cccc(NC(=O)c2ccc(F)cc2)c1. The van der Waals surface area contributed by atoms with Gasteiger partial charge in [0.15, 0.2) is 0 Å². The molecule has 0 atom stereocenters. The first-order chi connectivity index (χ1) is 14.0. The van der Waals surface area contributed by atoms with Crippen LogP contribution in [-0.4, -0.2) is 39.1 Å². The van der Waals surface area contributed by atoms with Crippen molar-refractivity contribution < 1.29 is 27.1 Å². The number of carbonyl (C=O) groups is 2. The Labute approximate surface area is 174 Å². The second kappa shape index (κ2) is 9.68. The van der Waals surface area contributed by atoms with Crippen LogP contribution >= 0.6 is 0 Å². The van der Waals surface area contributed by atoms with Gasteiger partial charge in [-0.1, -0.05) is 6.07 Å². The lowest BCUT2D eigenvalue weighted by Crippen LogP contribution is -2.37. The first-order valence-electron chi connectivity index (χ1n) is 9.10. The number of alkyl carbamates (subject to hydrolysis) is 1. The van der Waals surface area contributed by atoms with Gasteiger partial charge in [0.1, 0.15) is 11.4 Å². The van der Waals surface area contributed by atoms with Crippen LogP contribution in [0.1, 0.15) is 31.1 Å². The molecule has 0 aromatic heterocycles. The zero-order valence-corrected chi connectivity index (χ0v) is 17.7. The molecular formula is C20H24FN3O5S. The van der Waals surface area contributed by atoms with Gasteiger partial charge < -0.3 is 15.4 Å². The predicted octanol–water partition coefficient (Wildman–Crippen LogP) is 2.88. The highest BCUT2D eigenvalue weighted by molar-refractivity contribution is 7.89. The zero-order valence-electron chi connectivity index (χ0n) is 16.9. The molecule has 8 nitrogen and oxygen atoms in total. The minimum atomic E-state index is -3.86. The van der Waals surface area contributed by atoms with E-state index < -0.39 is 33.4 Å². The molecule has 2 amide bonds. The van der Waals surface area contributed by atoms with E-state index in [0.717, 1.165) is 12.1 Å². The second-order valence-corrected chi connectivity index (χ2v) is 9.08. The van der Waals surface area contributed by atoms with Gasteiger partial charge in [-0.25, -0.2) is 22.3 Å². The molecule has 2 aromatic rings. The van der Waals surface area contributed by atoms with Crippen LogP contribution in [0.4, 0.5) is 14.9 Å². The molecular weight excluding hydrogens is 413 g/mol. The van der Waals surface area contributed by atoms with E-state index in [1.807, 2.05) is 0 Å². The maximum Gasteiger partial charge on any atom is 0.407 e. The maximum absolute atomic E-state index is 13.0. The zero-order chi connectivity index (χ0) is 22.4. The maximum atomic E-state index is 13.0. The smallest absolute Gasteiger partial charge is 0.407 e. The van der Waals surface area contributed by atoms with E-state index in [9.17, 15) is 22.4 Å². The fourth-order valence-corrected chi connectivity index (χ4v) is 3.37. The molecule has 0 unspecified atom stereocenters. The summed E-state index contributed by atoms with van der Waals surface area (Å²) in [5, 5.41) is 5.02. The Morgan fingerprint density at radius 1 is 1.03 bits per heavy atom. The van der Waals surface area contributed by atoms with Gasteiger partial charge in [0.25, 0.3) is 5.91 Å². The third kappa shape index (κ3) is 7.45. The predicted molar refractivity (Wildman–Crippen MR) is 110 cm³/mol. The van der Waals surface area contributed by atoms with E-state index in [1.54, 1.807) is 20.8 Å². The summed E-state index contributed by atoms with van der Waals surface area (Å²) in [4.78, 5) is 23.7. The lowest BCUT2D eigenvalue weighted by molar-refractivity contribution is 0.0528. The Balaban J connectivity index is 1.94. The fraction of sp³-hybridized carbons (Fsp3) is 0.300. The largest absolute Gasteiger partial charge is 0.444 e. The molecule has 0 spiro atoms. The van der Waals surface area contributed by atoms with Gasteiger partial charge in [-0.2, -0.15) is 0 Å². The van der Waals surface area contributed by atoms with Gasteiger partial charge in [-0.05, 0) is 63.2 Å². The highest BCUT2D eigenvalue weighted by Gasteiger charge is 2.17. The van der Waals surface area contributed by atoms with E-state index in [0.29, 0.717) is 0 Å². The molecule has 2 aromatic carbocycles. The van der Waals surface area contributed by atoms with Crippen LogP contribution < -0.4 is 15.4 Å². The van der Waals surface area contributed by atoms with E-state index >= 15 is 0 Å². The van der Waals surface area contributed by atoms with Crippen LogP contribution in [0.2, 0.25) is 0 Å². The van der Waals surface area contributed by atoms with Crippen molar-refractivity contribution in [1.29, 1.82) is 0 Å². The number of rotatable bonds is 7. The van der Waals surface area contributed by atoms with Gasteiger partial charge in [0, 0.05) is 24.3 Å². The molecule has 10 heteroatoms. The average Bonchev–Trinajstić information content (AvgIpc) is 2.64. The molecule has 0 saturated heterocycles. The summed E-state index contributed by atoms with van der Waals surface area (Å²) >= 11 is 0. The van der Waals surface area contributed by atoms with Crippen LogP contribution in [0.5, 0.6) is 0 Å². The van der Waals surface area contributed by atoms with Crippen LogP contribution in [0, 0.1) is 5.82 Å². The number of ether oxygens (including phenoxy) is 1. The van der Waals surface area contributed by atoms with Gasteiger partial charge in [-0.3, -0.25) is 4.79 Å². The third-order valence-electron chi connectivity index (χ3n) is 3.59. The monoisotopic (exact) mass is 437 g/mol. The van der Waals surface area contributed by atoms with Gasteiger partial charge >= 0.3 is 6.09 Å². The van der Waals surface area contributed by atoms with Gasteiger partial charge in [-0.15, -0.1) is 0 Å². The van der Waals surface area contributed by atoms with E-state index in [1.165, 1.54) is 36.4 Å². The van der Waals surface area contributed by atoms with E-state index in [-0.39, 0.29) is 29.2 Å². The summed E-state index contributed by atoms with van der Waals surface area (Å²) in [5.41, 5.74) is -0.155. The number of carbonyl (C=O) groups excluding carboxylic acids is 2. The minimum absolute atomic E-state index is 0.0368. The Morgan fingerprint density at radius 2 is 1.70 bits per heavy atom. The normalized spacial score (nSPS) is 11.6. The third-order valence-corrected chi connectivity index (χ3v) is 5.05. The Kier molecular flexibility index (Phi) is 7.52. The summed E-state index contributed by atoms with van der Waals surface area (Å²) in [5.74, 6) is -0.967. The van der Waals surface area contributed by atoms with Crippen molar-refractivity contribution in [2.24, 2.45) is 0 Å². The average molecular weight is 437 g/mol. The molecule has 0 heterocycles. The summed E-state index contributed by atoms with van der Waals surface area (Å²) in [7, 11) is -3.86. The first-order valence-corrected chi connectivity index (χ1v) is 10.6. The fourth-order valence-electron chi connectivity index (χ4n) is 2.29. The lowest BCUT2D eigenvalue weighted by Gasteiger charge is -2.19. The molecule has 0 saturated carbocycles. The highest BCUT2D eigenvalue weighted by Crippen LogP contribution is 2.16. The van der Waals surface area contributed by atoms with Crippen LogP contribution in [0.25, 0.3) is 0 Å². The number of amides is 2. The van der Waals surface area contributed by atoms with Gasteiger partial charge in [0.05, 0.1) is 4.90 Å². The van der Waals surface area contributed by atoms with Crippen molar-refractivity contribution in [1.82, 2.24) is 10.0 Å². The Bertz CT molecular complexity index is 1000. The van der Waals surface area contributed by atoms with Crippen molar-refractivity contribution in [2.75, 3.05) is 18.4 Å². The molecule has 0 aliphatic rings. The van der Waals surface area contributed by atoms with Crippen LogP contribution in [0.3, 0.4) is 0 Å². The van der Waals surface area contributed by atoms with Crippen LogP contribution in [0.15, 0.2) is 53.4 Å². The molecule has 2 rings (SSSR count). The first kappa shape index (κ1) is 23.3. The van der Waals surface area contributed by atoms with Gasteiger partial charge in [0.2, 0.25) is 10.0 Å². The quantitative estimate of drug-likeness (QED) is 0.577. The molecule has 0 aliphatic carbocycles. The summed E-state index contributed by atoms with van der Waals surface area (Å²) in [6.07, 6.45) is -0.646. The number of halogens is 1. The summed E-state index contributed by atoms with van der Waals surface area (Å²) in [6, 6.07) is 10.6. The minimum Gasteiger partial charge on any atom is -0.444 e. The number of hydrogen-bond donors (Lipinski definition) is 3.